The maximum Gasteiger partial charge on any atom is 0.107 e. The van der Waals surface area contributed by atoms with E-state index in [4.69, 9.17) is 14.2 Å². The highest BCUT2D eigenvalue weighted by molar-refractivity contribution is 4.81. The molecule has 1 aliphatic carbocycles. The first kappa shape index (κ1) is 20.1. The number of nitrogens with zero attached hydrogens (tertiary/aromatic N) is 2. The number of hydrogen-bond acceptors (Lipinski definition) is 6. The maximum absolute atomic E-state index is 10.2. The second-order valence-corrected chi connectivity index (χ2v) is 7.59. The first-order chi connectivity index (χ1) is 11.4. The van der Waals surface area contributed by atoms with Gasteiger partial charge in [-0.1, -0.05) is 0 Å². The number of likely N-dealkylation sites (tertiary alicyclic amines) is 1. The molecule has 0 aromatic rings. The number of hydrogen-bond donors (Lipinski definition) is 1. The zero-order valence-electron chi connectivity index (χ0n) is 15.8. The summed E-state index contributed by atoms with van der Waals surface area (Å²) in [5, 5.41) is 10.2. The van der Waals surface area contributed by atoms with E-state index in [0.717, 1.165) is 51.9 Å². The van der Waals surface area contributed by atoms with Crippen molar-refractivity contribution in [3.05, 3.63) is 0 Å². The number of aliphatic hydroxyl groups is 1. The molecule has 0 amide bonds. The largest absolute Gasteiger partial charge is 0.378 e. The van der Waals surface area contributed by atoms with Crippen molar-refractivity contribution in [2.24, 2.45) is 0 Å². The lowest BCUT2D eigenvalue weighted by atomic mass is 9.92. The first-order valence-corrected chi connectivity index (χ1v) is 9.39. The second-order valence-electron chi connectivity index (χ2n) is 7.59. The van der Waals surface area contributed by atoms with E-state index in [1.54, 1.807) is 0 Å². The van der Waals surface area contributed by atoms with E-state index < -0.39 is 6.23 Å². The minimum absolute atomic E-state index is 0.302. The van der Waals surface area contributed by atoms with Gasteiger partial charge in [0.1, 0.15) is 6.23 Å². The molecule has 2 fully saturated rings. The van der Waals surface area contributed by atoms with E-state index >= 15 is 0 Å². The molecule has 6 heteroatoms. The maximum atomic E-state index is 10.2. The monoisotopic (exact) mass is 344 g/mol. The Morgan fingerprint density at radius 3 is 2.38 bits per heavy atom. The average molecular weight is 344 g/mol. The van der Waals surface area contributed by atoms with Gasteiger partial charge in [-0.2, -0.15) is 0 Å². The van der Waals surface area contributed by atoms with Gasteiger partial charge in [-0.05, 0) is 53.6 Å². The second kappa shape index (κ2) is 10.0. The molecule has 1 aliphatic heterocycles. The molecule has 1 unspecified atom stereocenters. The predicted octanol–water partition coefficient (Wildman–Crippen LogP) is 1.32. The SMILES string of the molecule is CC(C)OC1CC(OCCCC(O)N(C)CCOC2CN(C)C2)C1. The van der Waals surface area contributed by atoms with E-state index in [9.17, 15) is 5.11 Å². The Bertz CT molecular complexity index is 344. The fourth-order valence-electron chi connectivity index (χ4n) is 3.15. The minimum Gasteiger partial charge on any atom is -0.378 e. The summed E-state index contributed by atoms with van der Waals surface area (Å²) in [7, 11) is 4.04. The molecule has 0 bridgehead atoms. The number of ether oxygens (including phenoxy) is 3. The predicted molar refractivity (Wildman–Crippen MR) is 94.1 cm³/mol. The molecule has 2 rings (SSSR count). The van der Waals surface area contributed by atoms with Gasteiger partial charge >= 0.3 is 0 Å². The van der Waals surface area contributed by atoms with Crippen LogP contribution in [-0.4, -0.2) is 92.5 Å². The molecule has 2 aliphatic rings. The fraction of sp³-hybridized carbons (Fsp3) is 1.00. The summed E-state index contributed by atoms with van der Waals surface area (Å²) in [5.74, 6) is 0. The molecule has 0 aromatic carbocycles. The van der Waals surface area contributed by atoms with Gasteiger partial charge in [-0.15, -0.1) is 0 Å². The highest BCUT2D eigenvalue weighted by Gasteiger charge is 2.31. The Balaban J connectivity index is 1.41. The van der Waals surface area contributed by atoms with Crippen LogP contribution in [0.1, 0.15) is 39.5 Å². The summed E-state index contributed by atoms with van der Waals surface area (Å²) in [4.78, 5) is 4.20. The lowest BCUT2D eigenvalue weighted by Gasteiger charge is -2.36. The molecular weight excluding hydrogens is 308 g/mol. The van der Waals surface area contributed by atoms with Crippen LogP contribution in [0.2, 0.25) is 0 Å². The van der Waals surface area contributed by atoms with Crippen molar-refractivity contribution in [2.45, 2.75) is 70.2 Å². The number of aliphatic hydroxyl groups excluding tert-OH is 1. The van der Waals surface area contributed by atoms with Crippen molar-refractivity contribution in [3.63, 3.8) is 0 Å². The van der Waals surface area contributed by atoms with E-state index in [-0.39, 0.29) is 0 Å². The summed E-state index contributed by atoms with van der Waals surface area (Å²) in [6, 6.07) is 0. The quantitative estimate of drug-likeness (QED) is 0.426. The van der Waals surface area contributed by atoms with Crippen molar-refractivity contribution < 1.29 is 19.3 Å². The van der Waals surface area contributed by atoms with E-state index in [2.05, 4.69) is 25.8 Å². The lowest BCUT2D eigenvalue weighted by molar-refractivity contribution is -0.120. The molecule has 6 nitrogen and oxygen atoms in total. The molecule has 24 heavy (non-hydrogen) atoms. The van der Waals surface area contributed by atoms with Crippen LogP contribution in [0.15, 0.2) is 0 Å². The van der Waals surface area contributed by atoms with Crippen LogP contribution in [0, 0.1) is 0 Å². The highest BCUT2D eigenvalue weighted by Crippen LogP contribution is 2.27. The molecular formula is C18H36N2O4. The summed E-state index contributed by atoms with van der Waals surface area (Å²) in [5.41, 5.74) is 0. The third-order valence-corrected chi connectivity index (χ3v) is 4.81. The van der Waals surface area contributed by atoms with E-state index in [1.165, 1.54) is 0 Å². The van der Waals surface area contributed by atoms with Crippen LogP contribution < -0.4 is 0 Å². The van der Waals surface area contributed by atoms with Gasteiger partial charge in [0.15, 0.2) is 0 Å². The zero-order chi connectivity index (χ0) is 17.5. The summed E-state index contributed by atoms with van der Waals surface area (Å²) in [6.07, 6.45) is 4.62. The van der Waals surface area contributed by atoms with Gasteiger partial charge < -0.3 is 24.2 Å². The summed E-state index contributed by atoms with van der Waals surface area (Å²) >= 11 is 0. The Kier molecular flexibility index (Phi) is 8.40. The Morgan fingerprint density at radius 1 is 1.08 bits per heavy atom. The van der Waals surface area contributed by atoms with Crippen LogP contribution in [0.5, 0.6) is 0 Å². The van der Waals surface area contributed by atoms with Crippen LogP contribution >= 0.6 is 0 Å². The van der Waals surface area contributed by atoms with Gasteiger partial charge in [0.25, 0.3) is 0 Å². The van der Waals surface area contributed by atoms with Crippen molar-refractivity contribution in [1.82, 2.24) is 9.80 Å². The molecule has 142 valence electrons. The van der Waals surface area contributed by atoms with Gasteiger partial charge in [0, 0.05) is 26.2 Å². The Morgan fingerprint density at radius 2 is 1.75 bits per heavy atom. The van der Waals surface area contributed by atoms with Crippen molar-refractivity contribution in [2.75, 3.05) is 46.9 Å². The molecule has 1 heterocycles. The van der Waals surface area contributed by atoms with Gasteiger partial charge in [0.2, 0.25) is 0 Å². The van der Waals surface area contributed by atoms with Crippen molar-refractivity contribution in [1.29, 1.82) is 0 Å². The van der Waals surface area contributed by atoms with Crippen LogP contribution in [0.25, 0.3) is 0 Å². The third kappa shape index (κ3) is 6.94. The standard InChI is InChI=1S/C18H36N2O4/c1-14(2)24-16-10-15(11-16)22-8-5-6-18(21)20(4)7-9-23-17-12-19(3)13-17/h14-18,21H,5-13H2,1-4H3. The summed E-state index contributed by atoms with van der Waals surface area (Å²) < 4.78 is 17.3. The Hall–Kier alpha value is -0.240. The molecule has 1 atom stereocenters. The smallest absolute Gasteiger partial charge is 0.107 e. The van der Waals surface area contributed by atoms with Gasteiger partial charge in [-0.3, -0.25) is 4.90 Å². The zero-order valence-corrected chi connectivity index (χ0v) is 15.8. The number of likely N-dealkylation sites (N-methyl/N-ethyl adjacent to an activating group) is 2. The number of rotatable bonds is 12. The van der Waals surface area contributed by atoms with E-state index in [0.29, 0.717) is 31.0 Å². The third-order valence-electron chi connectivity index (χ3n) is 4.81. The normalized spacial score (nSPS) is 26.6. The molecule has 0 radical (unpaired) electrons. The lowest BCUT2D eigenvalue weighted by Crippen LogP contribution is -2.50. The van der Waals surface area contributed by atoms with Crippen molar-refractivity contribution >= 4 is 0 Å². The fourth-order valence-corrected chi connectivity index (χ4v) is 3.15. The highest BCUT2D eigenvalue weighted by atomic mass is 16.5. The average Bonchev–Trinajstić information content (AvgIpc) is 2.45. The van der Waals surface area contributed by atoms with Crippen LogP contribution in [0.4, 0.5) is 0 Å². The topological polar surface area (TPSA) is 54.4 Å². The van der Waals surface area contributed by atoms with Gasteiger partial charge in [0.05, 0.1) is 31.0 Å². The minimum atomic E-state index is -0.417. The van der Waals surface area contributed by atoms with E-state index in [1.807, 2.05) is 11.9 Å². The molecule has 1 saturated carbocycles. The molecule has 1 N–H and O–H groups in total. The molecule has 0 aromatic heterocycles. The first-order valence-electron chi connectivity index (χ1n) is 9.39. The Labute approximate surface area is 147 Å². The molecule has 1 saturated heterocycles. The van der Waals surface area contributed by atoms with Crippen molar-refractivity contribution in [3.8, 4) is 0 Å². The van der Waals surface area contributed by atoms with Crippen LogP contribution in [0.3, 0.4) is 0 Å². The molecule has 0 spiro atoms. The van der Waals surface area contributed by atoms with Crippen LogP contribution in [-0.2, 0) is 14.2 Å². The van der Waals surface area contributed by atoms with Gasteiger partial charge in [-0.25, -0.2) is 0 Å². The summed E-state index contributed by atoms with van der Waals surface area (Å²) in [6.45, 7) is 8.35.